The Labute approximate surface area is 285 Å². The molecule has 4 saturated carbocycles. The molecule has 0 saturated heterocycles. The first kappa shape index (κ1) is 32.9. The molecule has 0 radical (unpaired) electrons. The number of aromatic nitrogens is 2. The van der Waals surface area contributed by atoms with E-state index >= 15 is 0 Å². The summed E-state index contributed by atoms with van der Waals surface area (Å²) in [6, 6.07) is 11.5. The summed E-state index contributed by atoms with van der Waals surface area (Å²) in [5, 5.41) is 27.3. The third-order valence-corrected chi connectivity index (χ3v) is 10.6. The van der Waals surface area contributed by atoms with Gasteiger partial charge in [0.25, 0.3) is 11.8 Å². The fraction of sp³-hybridized carbons (Fsp3) is 0.351. The number of aromatic amines is 1. The van der Waals surface area contributed by atoms with Crippen LogP contribution in [0.2, 0.25) is 0 Å². The van der Waals surface area contributed by atoms with Gasteiger partial charge in [0.05, 0.1) is 45.5 Å². The summed E-state index contributed by atoms with van der Waals surface area (Å²) in [5.74, 6) is -4.30. The second-order valence-electron chi connectivity index (χ2n) is 14.1. The van der Waals surface area contributed by atoms with E-state index in [0.717, 1.165) is 43.5 Å². The average molecular weight is 682 g/mol. The predicted molar refractivity (Wildman–Crippen MR) is 179 cm³/mol. The Morgan fingerprint density at radius 1 is 0.840 bits per heavy atom. The molecule has 258 valence electrons. The van der Waals surface area contributed by atoms with Gasteiger partial charge in [0.2, 0.25) is 5.91 Å². The number of rotatable bonds is 11. The Balaban J connectivity index is 1.12. The Morgan fingerprint density at radius 3 is 2.08 bits per heavy atom. The molecular weight excluding hydrogens is 645 g/mol. The first-order valence-electron chi connectivity index (χ1n) is 16.7. The van der Waals surface area contributed by atoms with Gasteiger partial charge < -0.3 is 31.1 Å². The van der Waals surface area contributed by atoms with E-state index in [2.05, 4.69) is 25.9 Å². The summed E-state index contributed by atoms with van der Waals surface area (Å²) in [4.78, 5) is 71.7. The minimum absolute atomic E-state index is 0.0475. The van der Waals surface area contributed by atoms with Gasteiger partial charge in [0.1, 0.15) is 5.82 Å². The van der Waals surface area contributed by atoms with Crippen LogP contribution in [-0.2, 0) is 4.79 Å². The first-order chi connectivity index (χ1) is 23.9. The third kappa shape index (κ3) is 6.67. The maximum absolute atomic E-state index is 14.3. The van der Waals surface area contributed by atoms with Gasteiger partial charge >= 0.3 is 11.9 Å². The molecule has 4 fully saturated rings. The van der Waals surface area contributed by atoms with Crippen molar-refractivity contribution in [1.29, 1.82) is 0 Å². The number of anilines is 1. The van der Waals surface area contributed by atoms with Gasteiger partial charge in [0, 0.05) is 18.8 Å². The standard InChI is InChI=1S/C37H36FN5O7/c38-25-3-1-2-22(8-25)29(34(46)43-26-9-23(35(47)48)7-24(10-26)36(49)50)16-39-32(44)27-11-30-31(42-18-41-30)12-28(27)33(45)40-17-37-13-19-4-20(14-37)6-21(5-19)15-37/h1-3,7-12,18-21,29H,4-6,13-17H2,(H,39,44)(H,40,45)(H,41,42)(H,43,46)(H,47,48)(H,49,50). The number of fused-ring (bicyclic) bond motifs is 1. The molecule has 4 bridgehead atoms. The molecule has 12 nitrogen and oxygen atoms in total. The number of nitrogens with one attached hydrogen (secondary N) is 4. The van der Waals surface area contributed by atoms with E-state index in [4.69, 9.17) is 0 Å². The Bertz CT molecular complexity index is 1970. The van der Waals surface area contributed by atoms with E-state index < -0.39 is 41.4 Å². The topological polar surface area (TPSA) is 191 Å². The molecule has 0 aliphatic heterocycles. The molecule has 1 heterocycles. The van der Waals surface area contributed by atoms with Crippen molar-refractivity contribution < 1.29 is 38.6 Å². The van der Waals surface area contributed by atoms with Crippen molar-refractivity contribution in [1.82, 2.24) is 20.6 Å². The van der Waals surface area contributed by atoms with Gasteiger partial charge in [-0.15, -0.1) is 0 Å². The van der Waals surface area contributed by atoms with Crippen molar-refractivity contribution >= 4 is 46.4 Å². The van der Waals surface area contributed by atoms with Crippen LogP contribution in [0.15, 0.2) is 60.9 Å². The highest BCUT2D eigenvalue weighted by Gasteiger charge is 2.50. The average Bonchev–Trinajstić information content (AvgIpc) is 3.54. The number of hydrogen-bond donors (Lipinski definition) is 6. The van der Waals surface area contributed by atoms with Crippen LogP contribution in [0.1, 0.15) is 91.4 Å². The molecule has 13 heteroatoms. The molecule has 1 aromatic heterocycles. The summed E-state index contributed by atoms with van der Waals surface area (Å²) < 4.78 is 14.3. The number of hydrogen-bond acceptors (Lipinski definition) is 6. The second kappa shape index (κ2) is 13.0. The number of carbonyl (C=O) groups excluding carboxylic acids is 3. The fourth-order valence-corrected chi connectivity index (χ4v) is 8.78. The van der Waals surface area contributed by atoms with Crippen LogP contribution in [0.4, 0.5) is 10.1 Å². The Kier molecular flexibility index (Phi) is 8.58. The summed E-state index contributed by atoms with van der Waals surface area (Å²) in [7, 11) is 0. The van der Waals surface area contributed by atoms with Crippen LogP contribution in [0.5, 0.6) is 0 Å². The zero-order chi connectivity index (χ0) is 35.2. The minimum atomic E-state index is -1.40. The SMILES string of the molecule is O=C(O)c1cc(NC(=O)C(CNC(=O)c2cc3nc[nH]c3cc2C(=O)NCC23CC4CC(CC(C4)C2)C3)c2cccc(F)c2)cc(C(=O)O)c1. The largest absolute Gasteiger partial charge is 0.478 e. The molecule has 4 aliphatic rings. The van der Waals surface area contributed by atoms with E-state index in [0.29, 0.717) is 35.3 Å². The number of benzene rings is 3. The number of carbonyl (C=O) groups is 5. The molecule has 4 aliphatic carbocycles. The monoisotopic (exact) mass is 681 g/mol. The summed E-state index contributed by atoms with van der Waals surface area (Å²) >= 11 is 0. The summed E-state index contributed by atoms with van der Waals surface area (Å²) in [5.41, 5.74) is 0.661. The van der Waals surface area contributed by atoms with Crippen LogP contribution in [-0.4, -0.2) is 62.9 Å². The van der Waals surface area contributed by atoms with E-state index in [-0.39, 0.29) is 45.5 Å². The van der Waals surface area contributed by atoms with E-state index in [1.54, 1.807) is 6.07 Å². The molecule has 50 heavy (non-hydrogen) atoms. The van der Waals surface area contributed by atoms with Gasteiger partial charge in [-0.1, -0.05) is 12.1 Å². The summed E-state index contributed by atoms with van der Waals surface area (Å²) in [6.45, 7) is 0.192. The lowest BCUT2D eigenvalue weighted by atomic mass is 9.49. The zero-order valence-corrected chi connectivity index (χ0v) is 27.0. The lowest BCUT2D eigenvalue weighted by molar-refractivity contribution is -0.117. The lowest BCUT2D eigenvalue weighted by Crippen LogP contribution is -2.51. The smallest absolute Gasteiger partial charge is 0.335 e. The second-order valence-corrected chi connectivity index (χ2v) is 14.1. The van der Waals surface area contributed by atoms with Crippen molar-refractivity contribution in [3.8, 4) is 0 Å². The molecule has 3 aromatic carbocycles. The number of halogens is 1. The molecule has 1 atom stereocenters. The highest BCUT2D eigenvalue weighted by molar-refractivity contribution is 6.10. The number of aromatic carboxylic acids is 2. The number of carboxylic acid groups (broad SMARTS) is 2. The van der Waals surface area contributed by atoms with Crippen LogP contribution in [0.25, 0.3) is 11.0 Å². The van der Waals surface area contributed by atoms with Crippen LogP contribution in [0.3, 0.4) is 0 Å². The normalized spacial score (nSPS) is 22.5. The minimum Gasteiger partial charge on any atom is -0.478 e. The van der Waals surface area contributed by atoms with Crippen molar-refractivity contribution in [3.05, 3.63) is 94.6 Å². The number of carboxylic acids is 2. The highest BCUT2D eigenvalue weighted by atomic mass is 19.1. The van der Waals surface area contributed by atoms with Crippen LogP contribution < -0.4 is 16.0 Å². The molecule has 1 unspecified atom stereocenters. The Hall–Kier alpha value is -5.59. The zero-order valence-electron chi connectivity index (χ0n) is 27.0. The van der Waals surface area contributed by atoms with Crippen molar-refractivity contribution in [3.63, 3.8) is 0 Å². The van der Waals surface area contributed by atoms with Gasteiger partial charge in [0.15, 0.2) is 0 Å². The van der Waals surface area contributed by atoms with Crippen LogP contribution >= 0.6 is 0 Å². The number of H-pyrrole nitrogens is 1. The lowest BCUT2D eigenvalue weighted by Gasteiger charge is -2.56. The van der Waals surface area contributed by atoms with Gasteiger partial charge in [-0.25, -0.2) is 19.0 Å². The van der Waals surface area contributed by atoms with Crippen molar-refractivity contribution in [2.24, 2.45) is 23.2 Å². The van der Waals surface area contributed by atoms with Gasteiger partial charge in [-0.3, -0.25) is 14.4 Å². The molecule has 6 N–H and O–H groups in total. The predicted octanol–water partition coefficient (Wildman–Crippen LogP) is 5.20. The fourth-order valence-electron chi connectivity index (χ4n) is 8.78. The molecule has 8 rings (SSSR count). The molecule has 4 aromatic rings. The van der Waals surface area contributed by atoms with Gasteiger partial charge in [-0.2, -0.15) is 0 Å². The van der Waals surface area contributed by atoms with E-state index in [9.17, 15) is 38.6 Å². The van der Waals surface area contributed by atoms with E-state index in [1.807, 2.05) is 0 Å². The number of imidazole rings is 1. The number of nitrogens with zero attached hydrogens (tertiary/aromatic N) is 1. The number of amides is 3. The van der Waals surface area contributed by atoms with Gasteiger partial charge in [-0.05, 0) is 110 Å². The van der Waals surface area contributed by atoms with Crippen molar-refractivity contribution in [2.75, 3.05) is 18.4 Å². The molecule has 3 amide bonds. The Morgan fingerprint density at radius 2 is 1.46 bits per heavy atom. The maximum Gasteiger partial charge on any atom is 0.335 e. The van der Waals surface area contributed by atoms with Crippen LogP contribution in [0, 0.1) is 29.0 Å². The third-order valence-electron chi connectivity index (χ3n) is 10.6. The van der Waals surface area contributed by atoms with E-state index in [1.165, 1.54) is 49.9 Å². The summed E-state index contributed by atoms with van der Waals surface area (Å²) in [6.07, 6.45) is 8.61. The van der Waals surface area contributed by atoms with Crippen molar-refractivity contribution in [2.45, 2.75) is 44.4 Å². The highest BCUT2D eigenvalue weighted by Crippen LogP contribution is 2.59. The first-order valence-corrected chi connectivity index (χ1v) is 16.7. The molecular formula is C37H36FN5O7. The molecule has 0 spiro atoms. The maximum atomic E-state index is 14.3. The quantitative estimate of drug-likeness (QED) is 0.125.